The Bertz CT molecular complexity index is 418. The molecule has 104 valence electrons. The van der Waals surface area contributed by atoms with Crippen molar-refractivity contribution in [3.63, 3.8) is 0 Å². The number of carbonyl (C=O) groups excluding carboxylic acids is 1. The van der Waals surface area contributed by atoms with Gasteiger partial charge in [0.05, 0.1) is 6.26 Å². The molecule has 1 aliphatic carbocycles. The number of piperidine rings is 1. The highest BCUT2D eigenvalue weighted by Crippen LogP contribution is 2.35. The summed E-state index contributed by atoms with van der Waals surface area (Å²) in [7, 11) is -3.05. The van der Waals surface area contributed by atoms with Gasteiger partial charge in [0.15, 0.2) is 0 Å². The van der Waals surface area contributed by atoms with E-state index >= 15 is 0 Å². The molecular formula is C13H23NO3S. The van der Waals surface area contributed by atoms with Crippen LogP contribution in [0.15, 0.2) is 0 Å². The lowest BCUT2D eigenvalue weighted by Gasteiger charge is -2.32. The molecule has 0 spiro atoms. The first-order valence-electron chi connectivity index (χ1n) is 6.85. The number of Topliss-reactive ketones (excluding diaryl/α,β-unsaturated/α-hetero) is 1. The van der Waals surface area contributed by atoms with Crippen molar-refractivity contribution in [2.75, 3.05) is 19.3 Å². The molecule has 0 aromatic heterocycles. The van der Waals surface area contributed by atoms with E-state index in [-0.39, 0.29) is 5.92 Å². The van der Waals surface area contributed by atoms with E-state index in [1.165, 1.54) is 6.26 Å². The second kappa shape index (κ2) is 5.29. The molecule has 3 atom stereocenters. The molecule has 1 saturated heterocycles. The highest BCUT2D eigenvalue weighted by Gasteiger charge is 2.34. The number of rotatable bonds is 3. The van der Waals surface area contributed by atoms with Gasteiger partial charge in [0.1, 0.15) is 5.78 Å². The highest BCUT2D eigenvalue weighted by atomic mass is 32.2. The molecule has 0 N–H and O–H groups in total. The number of nitrogens with zero attached hydrogens (tertiary/aromatic N) is 1. The molecule has 2 aliphatic rings. The minimum absolute atomic E-state index is 0.179. The summed E-state index contributed by atoms with van der Waals surface area (Å²) in [5.41, 5.74) is 0. The largest absolute Gasteiger partial charge is 0.299 e. The zero-order valence-corrected chi connectivity index (χ0v) is 12.1. The first-order valence-corrected chi connectivity index (χ1v) is 8.70. The van der Waals surface area contributed by atoms with Crippen LogP contribution in [0, 0.1) is 17.8 Å². The van der Waals surface area contributed by atoms with Crippen LogP contribution in [0.4, 0.5) is 0 Å². The van der Waals surface area contributed by atoms with Crippen molar-refractivity contribution in [2.24, 2.45) is 17.8 Å². The fraction of sp³-hybridized carbons (Fsp3) is 0.923. The Labute approximate surface area is 110 Å². The molecule has 1 aliphatic heterocycles. The van der Waals surface area contributed by atoms with Gasteiger partial charge >= 0.3 is 0 Å². The normalized spacial score (nSPS) is 35.0. The SMILES string of the molecule is CC1C(=O)CCC1CC1CCCN(S(C)(=O)=O)C1. The van der Waals surface area contributed by atoms with Crippen molar-refractivity contribution in [1.29, 1.82) is 0 Å². The van der Waals surface area contributed by atoms with Crippen molar-refractivity contribution in [3.05, 3.63) is 0 Å². The van der Waals surface area contributed by atoms with Crippen molar-refractivity contribution in [1.82, 2.24) is 4.31 Å². The Kier molecular flexibility index (Phi) is 4.11. The van der Waals surface area contributed by atoms with E-state index in [0.717, 1.165) is 25.7 Å². The average Bonchev–Trinajstić information content (AvgIpc) is 2.60. The molecule has 0 radical (unpaired) electrons. The molecule has 1 saturated carbocycles. The molecule has 0 bridgehead atoms. The summed E-state index contributed by atoms with van der Waals surface area (Å²) in [6, 6.07) is 0. The smallest absolute Gasteiger partial charge is 0.211 e. The molecule has 0 aromatic rings. The molecule has 4 nitrogen and oxygen atoms in total. The number of hydrogen-bond donors (Lipinski definition) is 0. The first-order chi connectivity index (χ1) is 8.38. The molecule has 2 rings (SSSR count). The molecule has 1 heterocycles. The van der Waals surface area contributed by atoms with E-state index in [0.29, 0.717) is 37.1 Å². The highest BCUT2D eigenvalue weighted by molar-refractivity contribution is 7.88. The van der Waals surface area contributed by atoms with Crippen LogP contribution >= 0.6 is 0 Å². The Morgan fingerprint density at radius 1 is 1.33 bits per heavy atom. The van der Waals surface area contributed by atoms with Crippen LogP contribution < -0.4 is 0 Å². The second-order valence-corrected chi connectivity index (χ2v) is 7.90. The zero-order chi connectivity index (χ0) is 13.3. The van der Waals surface area contributed by atoms with E-state index in [1.54, 1.807) is 4.31 Å². The predicted molar refractivity (Wildman–Crippen MR) is 70.7 cm³/mol. The first kappa shape index (κ1) is 14.0. The fourth-order valence-electron chi connectivity index (χ4n) is 3.34. The summed E-state index contributed by atoms with van der Waals surface area (Å²) in [6.07, 6.45) is 6.07. The van der Waals surface area contributed by atoms with Gasteiger partial charge in [-0.05, 0) is 37.5 Å². The van der Waals surface area contributed by atoms with E-state index in [4.69, 9.17) is 0 Å². The Hall–Kier alpha value is -0.420. The van der Waals surface area contributed by atoms with Crippen molar-refractivity contribution < 1.29 is 13.2 Å². The number of ketones is 1. The van der Waals surface area contributed by atoms with Crippen LogP contribution in [0.3, 0.4) is 0 Å². The van der Waals surface area contributed by atoms with Crippen molar-refractivity contribution in [3.8, 4) is 0 Å². The quantitative estimate of drug-likeness (QED) is 0.786. The summed E-state index contributed by atoms with van der Waals surface area (Å²) in [5, 5.41) is 0. The fourth-order valence-corrected chi connectivity index (χ4v) is 4.28. The standard InChI is InChI=1S/C13H23NO3S/c1-10-12(5-6-13(10)15)8-11-4-3-7-14(9-11)18(2,16)17/h10-12H,3-9H2,1-2H3. The summed E-state index contributed by atoms with van der Waals surface area (Å²) in [4.78, 5) is 11.5. The van der Waals surface area contributed by atoms with Crippen LogP contribution in [0.1, 0.15) is 39.0 Å². The minimum atomic E-state index is -3.05. The molecule has 0 amide bonds. The zero-order valence-electron chi connectivity index (χ0n) is 11.3. The van der Waals surface area contributed by atoms with E-state index < -0.39 is 10.0 Å². The van der Waals surface area contributed by atoms with E-state index in [1.807, 2.05) is 6.92 Å². The summed E-state index contributed by atoms with van der Waals surface area (Å²) in [6.45, 7) is 3.34. The van der Waals surface area contributed by atoms with Crippen molar-refractivity contribution >= 4 is 15.8 Å². The van der Waals surface area contributed by atoms with Gasteiger partial charge in [-0.25, -0.2) is 12.7 Å². The van der Waals surface area contributed by atoms with Gasteiger partial charge in [-0.2, -0.15) is 0 Å². The Morgan fingerprint density at radius 3 is 2.61 bits per heavy atom. The Balaban J connectivity index is 1.92. The van der Waals surface area contributed by atoms with Gasteiger partial charge < -0.3 is 0 Å². The molecule has 18 heavy (non-hydrogen) atoms. The maximum atomic E-state index is 11.6. The van der Waals surface area contributed by atoms with Gasteiger partial charge in [0.25, 0.3) is 0 Å². The van der Waals surface area contributed by atoms with E-state index in [2.05, 4.69) is 0 Å². The monoisotopic (exact) mass is 273 g/mol. The molecular weight excluding hydrogens is 250 g/mol. The maximum absolute atomic E-state index is 11.6. The van der Waals surface area contributed by atoms with Crippen LogP contribution in [0.2, 0.25) is 0 Å². The molecule has 5 heteroatoms. The molecule has 2 fully saturated rings. The van der Waals surface area contributed by atoms with Gasteiger partial charge in [-0.1, -0.05) is 6.92 Å². The van der Waals surface area contributed by atoms with Gasteiger partial charge in [0, 0.05) is 25.4 Å². The number of carbonyl (C=O) groups is 1. The van der Waals surface area contributed by atoms with Crippen LogP contribution in [0.25, 0.3) is 0 Å². The maximum Gasteiger partial charge on any atom is 0.211 e. The third kappa shape index (κ3) is 3.12. The van der Waals surface area contributed by atoms with Gasteiger partial charge in [0.2, 0.25) is 10.0 Å². The molecule has 0 aromatic carbocycles. The van der Waals surface area contributed by atoms with E-state index in [9.17, 15) is 13.2 Å². The predicted octanol–water partition coefficient (Wildman–Crippen LogP) is 1.66. The second-order valence-electron chi connectivity index (χ2n) is 5.92. The van der Waals surface area contributed by atoms with Crippen LogP contribution in [0.5, 0.6) is 0 Å². The summed E-state index contributed by atoms with van der Waals surface area (Å²) in [5.74, 6) is 1.48. The number of sulfonamides is 1. The van der Waals surface area contributed by atoms with Crippen LogP contribution in [-0.4, -0.2) is 37.9 Å². The minimum Gasteiger partial charge on any atom is -0.299 e. The third-order valence-electron chi connectivity index (χ3n) is 4.56. The average molecular weight is 273 g/mol. The summed E-state index contributed by atoms with van der Waals surface area (Å²) >= 11 is 0. The lowest BCUT2D eigenvalue weighted by molar-refractivity contribution is -0.120. The van der Waals surface area contributed by atoms with Gasteiger partial charge in [-0.15, -0.1) is 0 Å². The lowest BCUT2D eigenvalue weighted by atomic mass is 9.84. The number of hydrogen-bond acceptors (Lipinski definition) is 3. The van der Waals surface area contributed by atoms with Gasteiger partial charge in [-0.3, -0.25) is 4.79 Å². The summed E-state index contributed by atoms with van der Waals surface area (Å²) < 4.78 is 24.7. The topological polar surface area (TPSA) is 54.5 Å². The van der Waals surface area contributed by atoms with Crippen LogP contribution in [-0.2, 0) is 14.8 Å². The third-order valence-corrected chi connectivity index (χ3v) is 5.83. The van der Waals surface area contributed by atoms with Crippen molar-refractivity contribution in [2.45, 2.75) is 39.0 Å². The lowest BCUT2D eigenvalue weighted by Crippen LogP contribution is -2.39. The Morgan fingerprint density at radius 2 is 2.06 bits per heavy atom. The molecule has 3 unspecified atom stereocenters.